The van der Waals surface area contributed by atoms with E-state index in [4.69, 9.17) is 4.74 Å². The molecule has 1 aromatic carbocycles. The number of amides is 1. The topological polar surface area (TPSA) is 82.1 Å². The van der Waals surface area contributed by atoms with Crippen molar-refractivity contribution in [2.75, 3.05) is 52.3 Å². The number of pyridine rings is 1. The summed E-state index contributed by atoms with van der Waals surface area (Å²) in [5, 5.41) is 6.71. The Bertz CT molecular complexity index is 937. The van der Waals surface area contributed by atoms with Crippen molar-refractivity contribution in [3.8, 4) is 0 Å². The lowest BCUT2D eigenvalue weighted by Gasteiger charge is -2.32. The molecule has 1 amide bonds. The van der Waals surface area contributed by atoms with Crippen molar-refractivity contribution >= 4 is 41.7 Å². The molecule has 0 radical (unpaired) electrons. The predicted molar refractivity (Wildman–Crippen MR) is 144 cm³/mol. The Hall–Kier alpha value is -2.40. The molecule has 8 nitrogen and oxygen atoms in total. The molecule has 1 aliphatic rings. The molecule has 1 aliphatic heterocycles. The zero-order chi connectivity index (χ0) is 22.9. The van der Waals surface area contributed by atoms with Gasteiger partial charge in [0.2, 0.25) is 0 Å². The Balaban J connectivity index is 0.00000385. The van der Waals surface area contributed by atoms with E-state index < -0.39 is 0 Å². The average molecular weight is 566 g/mol. The summed E-state index contributed by atoms with van der Waals surface area (Å²) in [6.45, 7) is 5.90. The SMILES string of the molecule is CN=C(NCCc1cccc(C(=O)N(C)C)c1)NCc1ccnc(N2CCOC(C)C2)c1.I. The largest absolute Gasteiger partial charge is 0.375 e. The maximum Gasteiger partial charge on any atom is 0.253 e. The number of rotatable bonds is 7. The number of hydrogen-bond acceptors (Lipinski definition) is 5. The minimum absolute atomic E-state index is 0. The standard InChI is InChI=1S/C24H34N6O2.HI/c1-18-17-30(12-13-32-18)22-15-20(9-10-26-22)16-28-24(25-2)27-11-8-19-6-5-7-21(14-19)23(31)29(3)4;/h5-7,9-10,14-15,18H,8,11-13,16-17H2,1-4H3,(H2,25,27,28);1H. The lowest BCUT2D eigenvalue weighted by molar-refractivity contribution is 0.0529. The molecule has 0 spiro atoms. The molecular formula is C24H35IN6O2. The fraction of sp³-hybridized carbons (Fsp3) is 0.458. The zero-order valence-electron chi connectivity index (χ0n) is 19.9. The summed E-state index contributed by atoms with van der Waals surface area (Å²) in [5.74, 6) is 1.74. The van der Waals surface area contributed by atoms with E-state index in [1.807, 2.05) is 36.5 Å². The highest BCUT2D eigenvalue weighted by molar-refractivity contribution is 14.0. The monoisotopic (exact) mass is 566 g/mol. The number of nitrogens with zero attached hydrogens (tertiary/aromatic N) is 4. The van der Waals surface area contributed by atoms with Crippen molar-refractivity contribution in [1.29, 1.82) is 0 Å². The number of hydrogen-bond donors (Lipinski definition) is 2. The van der Waals surface area contributed by atoms with Crippen molar-refractivity contribution in [2.24, 2.45) is 4.99 Å². The Labute approximate surface area is 213 Å². The fourth-order valence-corrected chi connectivity index (χ4v) is 3.62. The molecule has 3 rings (SSSR count). The second-order valence-electron chi connectivity index (χ2n) is 8.15. The normalized spacial score (nSPS) is 16.1. The van der Waals surface area contributed by atoms with Gasteiger partial charge in [-0.3, -0.25) is 9.79 Å². The van der Waals surface area contributed by atoms with Gasteiger partial charge in [0.1, 0.15) is 5.82 Å². The molecule has 1 saturated heterocycles. The summed E-state index contributed by atoms with van der Waals surface area (Å²) in [5.41, 5.74) is 2.96. The van der Waals surface area contributed by atoms with Crippen molar-refractivity contribution < 1.29 is 9.53 Å². The predicted octanol–water partition coefficient (Wildman–Crippen LogP) is 2.53. The summed E-state index contributed by atoms with van der Waals surface area (Å²) in [4.78, 5) is 24.9. The van der Waals surface area contributed by atoms with E-state index in [1.54, 1.807) is 26.0 Å². The highest BCUT2D eigenvalue weighted by atomic mass is 127. The van der Waals surface area contributed by atoms with Crippen molar-refractivity contribution in [2.45, 2.75) is 26.0 Å². The molecule has 9 heteroatoms. The summed E-state index contributed by atoms with van der Waals surface area (Å²) < 4.78 is 5.63. The van der Waals surface area contributed by atoms with Crippen LogP contribution in [0.25, 0.3) is 0 Å². The van der Waals surface area contributed by atoms with Gasteiger partial charge in [-0.1, -0.05) is 12.1 Å². The van der Waals surface area contributed by atoms with Gasteiger partial charge < -0.3 is 25.2 Å². The molecule has 33 heavy (non-hydrogen) atoms. The number of aliphatic imine (C=N–C) groups is 1. The van der Waals surface area contributed by atoms with Crippen LogP contribution in [0.4, 0.5) is 5.82 Å². The van der Waals surface area contributed by atoms with Crippen LogP contribution in [-0.2, 0) is 17.7 Å². The van der Waals surface area contributed by atoms with E-state index in [2.05, 4.69) is 38.5 Å². The summed E-state index contributed by atoms with van der Waals surface area (Å²) in [7, 11) is 5.29. The van der Waals surface area contributed by atoms with Gasteiger partial charge in [0.25, 0.3) is 5.91 Å². The fourth-order valence-electron chi connectivity index (χ4n) is 3.62. The van der Waals surface area contributed by atoms with E-state index in [-0.39, 0.29) is 36.0 Å². The van der Waals surface area contributed by atoms with Crippen LogP contribution < -0.4 is 15.5 Å². The number of ether oxygens (including phenoxy) is 1. The van der Waals surface area contributed by atoms with Gasteiger partial charge in [0, 0.05) is 59.1 Å². The Morgan fingerprint density at radius 2 is 2.06 bits per heavy atom. The van der Waals surface area contributed by atoms with Crippen LogP contribution >= 0.6 is 24.0 Å². The van der Waals surface area contributed by atoms with Crippen LogP contribution in [-0.4, -0.2) is 75.2 Å². The highest BCUT2D eigenvalue weighted by Crippen LogP contribution is 2.16. The first-order valence-electron chi connectivity index (χ1n) is 11.0. The molecule has 0 bridgehead atoms. The van der Waals surface area contributed by atoms with E-state index >= 15 is 0 Å². The van der Waals surface area contributed by atoms with E-state index in [9.17, 15) is 4.79 Å². The molecule has 0 saturated carbocycles. The third-order valence-corrected chi connectivity index (χ3v) is 5.34. The van der Waals surface area contributed by atoms with Gasteiger partial charge in [-0.2, -0.15) is 0 Å². The summed E-state index contributed by atoms with van der Waals surface area (Å²) in [6.07, 6.45) is 2.87. The quantitative estimate of drug-likeness (QED) is 0.305. The molecule has 2 N–H and O–H groups in total. The lowest BCUT2D eigenvalue weighted by atomic mass is 10.1. The van der Waals surface area contributed by atoms with Gasteiger partial charge >= 0.3 is 0 Å². The van der Waals surface area contributed by atoms with Crippen LogP contribution in [0.3, 0.4) is 0 Å². The third kappa shape index (κ3) is 8.15. The molecule has 2 heterocycles. The highest BCUT2D eigenvalue weighted by Gasteiger charge is 2.18. The van der Waals surface area contributed by atoms with Crippen molar-refractivity contribution in [3.63, 3.8) is 0 Å². The van der Waals surface area contributed by atoms with E-state index in [1.165, 1.54) is 0 Å². The second-order valence-corrected chi connectivity index (χ2v) is 8.15. The first-order valence-corrected chi connectivity index (χ1v) is 11.0. The minimum Gasteiger partial charge on any atom is -0.375 e. The Kier molecular flexibility index (Phi) is 10.9. The zero-order valence-corrected chi connectivity index (χ0v) is 22.2. The molecule has 180 valence electrons. The number of carbonyl (C=O) groups excluding carboxylic acids is 1. The molecule has 1 atom stereocenters. The van der Waals surface area contributed by atoms with Crippen LogP contribution in [0.15, 0.2) is 47.6 Å². The van der Waals surface area contributed by atoms with Gasteiger partial charge in [0.05, 0.1) is 12.7 Å². The molecule has 1 aromatic heterocycles. The molecule has 0 aliphatic carbocycles. The van der Waals surface area contributed by atoms with Crippen LogP contribution in [0, 0.1) is 0 Å². The van der Waals surface area contributed by atoms with Crippen molar-refractivity contribution in [3.05, 3.63) is 59.3 Å². The summed E-state index contributed by atoms with van der Waals surface area (Å²) >= 11 is 0. The van der Waals surface area contributed by atoms with Gasteiger partial charge in [-0.15, -0.1) is 24.0 Å². The first kappa shape index (κ1) is 26.8. The molecular weight excluding hydrogens is 531 g/mol. The Morgan fingerprint density at radius 1 is 1.24 bits per heavy atom. The maximum atomic E-state index is 12.2. The number of benzene rings is 1. The van der Waals surface area contributed by atoms with Crippen LogP contribution in [0.5, 0.6) is 0 Å². The number of guanidine groups is 1. The number of aromatic nitrogens is 1. The van der Waals surface area contributed by atoms with Crippen molar-refractivity contribution in [1.82, 2.24) is 20.5 Å². The second kappa shape index (κ2) is 13.3. The Morgan fingerprint density at radius 3 is 2.79 bits per heavy atom. The first-order chi connectivity index (χ1) is 15.5. The molecule has 1 fully saturated rings. The van der Waals surface area contributed by atoms with Crippen LogP contribution in [0.1, 0.15) is 28.4 Å². The maximum absolute atomic E-state index is 12.2. The number of morpholine rings is 1. The third-order valence-electron chi connectivity index (χ3n) is 5.34. The molecule has 1 unspecified atom stereocenters. The number of anilines is 1. The summed E-state index contributed by atoms with van der Waals surface area (Å²) in [6, 6.07) is 11.9. The average Bonchev–Trinajstić information content (AvgIpc) is 2.81. The number of carbonyl (C=O) groups is 1. The lowest BCUT2D eigenvalue weighted by Crippen LogP contribution is -2.41. The van der Waals surface area contributed by atoms with Gasteiger partial charge in [-0.05, 0) is 48.7 Å². The van der Waals surface area contributed by atoms with E-state index in [0.717, 1.165) is 49.0 Å². The number of nitrogens with one attached hydrogen (secondary N) is 2. The van der Waals surface area contributed by atoms with Gasteiger partial charge in [-0.25, -0.2) is 4.98 Å². The minimum atomic E-state index is 0. The smallest absolute Gasteiger partial charge is 0.253 e. The molecule has 2 aromatic rings. The number of halogens is 1. The van der Waals surface area contributed by atoms with Crippen LogP contribution in [0.2, 0.25) is 0 Å². The van der Waals surface area contributed by atoms with Gasteiger partial charge in [0.15, 0.2) is 5.96 Å². The van der Waals surface area contributed by atoms with E-state index in [0.29, 0.717) is 18.7 Å².